The molecule has 0 aromatic carbocycles. The van der Waals surface area contributed by atoms with Gasteiger partial charge in [-0.1, -0.05) is 21.1 Å². The molecule has 0 aliphatic heterocycles. The Bertz CT molecular complexity index is 137. The molecule has 0 aliphatic rings. The highest BCUT2D eigenvalue weighted by molar-refractivity contribution is 9.09. The van der Waals surface area contributed by atoms with Crippen LogP contribution >= 0.6 is 15.9 Å². The van der Waals surface area contributed by atoms with Gasteiger partial charge < -0.3 is 0 Å². The molecule has 0 saturated heterocycles. The van der Waals surface area contributed by atoms with Crippen LogP contribution in [0.25, 0.3) is 0 Å². The Balaban J connectivity index is 2.50. The Hall–Kier alpha value is -0.380. The van der Waals surface area contributed by atoms with Crippen LogP contribution in [0.2, 0.25) is 0 Å². The average Bonchev–Trinajstić information content (AvgIpc) is 2.19. The van der Waals surface area contributed by atoms with E-state index in [2.05, 4.69) is 26.2 Å². The Labute approximate surface area is 55.8 Å². The predicted octanol–water partition coefficient (Wildman–Crippen LogP) is 0.673. The van der Waals surface area contributed by atoms with E-state index in [1.807, 2.05) is 6.20 Å². The molecule has 4 heteroatoms. The summed E-state index contributed by atoms with van der Waals surface area (Å²) in [5, 5.41) is 8.30. The maximum absolute atomic E-state index is 3.74. The highest BCUT2D eigenvalue weighted by Gasteiger charge is 1.84. The fourth-order valence-electron chi connectivity index (χ4n) is 0.439. The fourth-order valence-corrected chi connectivity index (χ4v) is 0.802. The molecule has 0 N–H and O–H groups in total. The lowest BCUT2D eigenvalue weighted by Gasteiger charge is -1.89. The predicted molar refractivity (Wildman–Crippen MR) is 33.8 cm³/mol. The van der Waals surface area contributed by atoms with Crippen LogP contribution in [0, 0.1) is 0 Å². The molecule has 1 aromatic heterocycles. The van der Waals surface area contributed by atoms with Crippen LogP contribution < -0.4 is 0 Å². The first-order chi connectivity index (χ1) is 3.93. The summed E-state index contributed by atoms with van der Waals surface area (Å²) in [6.07, 6.45) is 3.50. The Morgan fingerprint density at radius 1 is 1.62 bits per heavy atom. The van der Waals surface area contributed by atoms with E-state index < -0.39 is 0 Å². The van der Waals surface area contributed by atoms with Crippen LogP contribution in [0.1, 0.15) is 0 Å². The molecule has 0 spiro atoms. The average molecular weight is 176 g/mol. The van der Waals surface area contributed by atoms with Crippen molar-refractivity contribution >= 4 is 15.9 Å². The molecule has 0 aliphatic carbocycles. The summed E-state index contributed by atoms with van der Waals surface area (Å²) in [5.74, 6) is 0. The second-order valence-corrected chi connectivity index (χ2v) is 2.15. The summed E-state index contributed by atoms with van der Waals surface area (Å²) in [4.78, 5) is 0. The smallest absolute Gasteiger partial charge is 0.0692 e. The number of nitrogens with zero attached hydrogens (tertiary/aromatic N) is 3. The lowest BCUT2D eigenvalue weighted by atomic mass is 10.7. The number of hydrogen-bond acceptors (Lipinski definition) is 2. The summed E-state index contributed by atoms with van der Waals surface area (Å²) in [6, 6.07) is 0. The highest BCUT2D eigenvalue weighted by atomic mass is 79.9. The van der Waals surface area contributed by atoms with Gasteiger partial charge in [0.1, 0.15) is 0 Å². The zero-order chi connectivity index (χ0) is 5.82. The molecule has 1 rings (SSSR count). The Morgan fingerprint density at radius 2 is 2.50 bits per heavy atom. The number of aryl methyl sites for hydroxylation is 1. The third-order valence-electron chi connectivity index (χ3n) is 0.786. The SMILES string of the molecule is BrCCn1ccnn1. The van der Waals surface area contributed by atoms with Crippen molar-refractivity contribution in [1.82, 2.24) is 15.0 Å². The quantitative estimate of drug-likeness (QED) is 0.620. The zero-order valence-corrected chi connectivity index (χ0v) is 5.87. The summed E-state index contributed by atoms with van der Waals surface area (Å²) in [6.45, 7) is 0.889. The van der Waals surface area contributed by atoms with E-state index in [9.17, 15) is 0 Å². The Morgan fingerprint density at radius 3 is 3.00 bits per heavy atom. The molecule has 8 heavy (non-hydrogen) atoms. The summed E-state index contributed by atoms with van der Waals surface area (Å²) >= 11 is 3.28. The first-order valence-corrected chi connectivity index (χ1v) is 3.45. The molecule has 0 saturated carbocycles. The van der Waals surface area contributed by atoms with Gasteiger partial charge in [0, 0.05) is 11.5 Å². The van der Waals surface area contributed by atoms with Gasteiger partial charge in [0.25, 0.3) is 0 Å². The molecular weight excluding hydrogens is 170 g/mol. The highest BCUT2D eigenvalue weighted by Crippen LogP contribution is 1.84. The monoisotopic (exact) mass is 175 g/mol. The molecule has 0 bridgehead atoms. The third kappa shape index (κ3) is 1.30. The molecule has 0 atom stereocenters. The van der Waals surface area contributed by atoms with Crippen molar-refractivity contribution in [2.75, 3.05) is 5.33 Å². The second kappa shape index (κ2) is 2.81. The summed E-state index contributed by atoms with van der Waals surface area (Å²) < 4.78 is 1.77. The molecule has 1 heterocycles. The van der Waals surface area contributed by atoms with Crippen LogP contribution in [-0.4, -0.2) is 20.3 Å². The maximum atomic E-state index is 3.74. The van der Waals surface area contributed by atoms with Gasteiger partial charge in [-0.25, -0.2) is 0 Å². The topological polar surface area (TPSA) is 30.7 Å². The normalized spacial score (nSPS) is 9.62. The molecule has 1 aromatic rings. The van der Waals surface area contributed by atoms with Gasteiger partial charge in [0.05, 0.1) is 12.7 Å². The standard InChI is InChI=1S/C4H6BrN3/c5-1-3-8-4-2-6-7-8/h2,4H,1,3H2. The van der Waals surface area contributed by atoms with Crippen LogP contribution in [0.4, 0.5) is 0 Å². The van der Waals surface area contributed by atoms with Gasteiger partial charge in [-0.2, -0.15) is 0 Å². The van der Waals surface area contributed by atoms with E-state index in [4.69, 9.17) is 0 Å². The van der Waals surface area contributed by atoms with E-state index in [-0.39, 0.29) is 0 Å². The minimum absolute atomic E-state index is 0.889. The van der Waals surface area contributed by atoms with E-state index >= 15 is 0 Å². The van der Waals surface area contributed by atoms with E-state index in [0.717, 1.165) is 11.9 Å². The molecule has 44 valence electrons. The van der Waals surface area contributed by atoms with E-state index in [1.165, 1.54) is 0 Å². The van der Waals surface area contributed by atoms with Crippen LogP contribution in [0.3, 0.4) is 0 Å². The van der Waals surface area contributed by atoms with Crippen LogP contribution in [0.15, 0.2) is 12.4 Å². The first-order valence-electron chi connectivity index (χ1n) is 2.33. The van der Waals surface area contributed by atoms with Gasteiger partial charge in [0.15, 0.2) is 0 Å². The largest absolute Gasteiger partial charge is 0.252 e. The molecule has 3 nitrogen and oxygen atoms in total. The summed E-state index contributed by atoms with van der Waals surface area (Å²) in [5.41, 5.74) is 0. The van der Waals surface area contributed by atoms with Crippen LogP contribution in [-0.2, 0) is 6.54 Å². The van der Waals surface area contributed by atoms with Crippen molar-refractivity contribution in [1.29, 1.82) is 0 Å². The Kier molecular flexibility index (Phi) is 2.02. The number of hydrogen-bond donors (Lipinski definition) is 0. The maximum Gasteiger partial charge on any atom is 0.0692 e. The number of aromatic nitrogens is 3. The minimum Gasteiger partial charge on any atom is -0.252 e. The zero-order valence-electron chi connectivity index (χ0n) is 4.29. The van der Waals surface area contributed by atoms with Crippen molar-refractivity contribution in [2.24, 2.45) is 0 Å². The first kappa shape index (κ1) is 5.75. The van der Waals surface area contributed by atoms with Crippen molar-refractivity contribution in [3.05, 3.63) is 12.4 Å². The number of alkyl halides is 1. The second-order valence-electron chi connectivity index (χ2n) is 1.36. The summed E-state index contributed by atoms with van der Waals surface area (Å²) in [7, 11) is 0. The lowest BCUT2D eigenvalue weighted by molar-refractivity contribution is 0.634. The van der Waals surface area contributed by atoms with Crippen molar-refractivity contribution in [3.8, 4) is 0 Å². The van der Waals surface area contributed by atoms with Gasteiger partial charge in [-0.15, -0.1) is 5.10 Å². The van der Waals surface area contributed by atoms with Crippen LogP contribution in [0.5, 0.6) is 0 Å². The molecule has 0 amide bonds. The molecule has 0 radical (unpaired) electrons. The van der Waals surface area contributed by atoms with Gasteiger partial charge in [0.2, 0.25) is 0 Å². The van der Waals surface area contributed by atoms with Gasteiger partial charge in [-0.05, 0) is 0 Å². The number of halogens is 1. The number of rotatable bonds is 2. The van der Waals surface area contributed by atoms with Gasteiger partial charge >= 0.3 is 0 Å². The van der Waals surface area contributed by atoms with E-state index in [0.29, 0.717) is 0 Å². The molecular formula is C4H6BrN3. The molecule has 0 fully saturated rings. The van der Waals surface area contributed by atoms with E-state index in [1.54, 1.807) is 10.9 Å². The fraction of sp³-hybridized carbons (Fsp3) is 0.500. The van der Waals surface area contributed by atoms with Gasteiger partial charge in [-0.3, -0.25) is 4.68 Å². The van der Waals surface area contributed by atoms with Crippen molar-refractivity contribution in [2.45, 2.75) is 6.54 Å². The minimum atomic E-state index is 0.889. The van der Waals surface area contributed by atoms with Crippen molar-refractivity contribution < 1.29 is 0 Å². The molecule has 0 unspecified atom stereocenters. The van der Waals surface area contributed by atoms with Crippen molar-refractivity contribution in [3.63, 3.8) is 0 Å². The third-order valence-corrected chi connectivity index (χ3v) is 1.14. The lowest BCUT2D eigenvalue weighted by Crippen LogP contribution is -1.98.